The highest BCUT2D eigenvalue weighted by molar-refractivity contribution is 7.92. The first-order valence-corrected chi connectivity index (χ1v) is 16.1. The number of anilines is 2. The molecule has 39 heavy (non-hydrogen) atoms. The van der Waals surface area contributed by atoms with Crippen LogP contribution in [-0.2, 0) is 24.8 Å². The van der Waals surface area contributed by atoms with Crippen LogP contribution < -0.4 is 9.62 Å². The fraction of sp³-hybridized carbons (Fsp3) is 0.556. The van der Waals surface area contributed by atoms with Crippen LogP contribution in [0.1, 0.15) is 33.6 Å². The number of nitrogens with zero attached hydrogens (tertiary/aromatic N) is 3. The molecule has 2 aliphatic heterocycles. The molecule has 12 heteroatoms. The van der Waals surface area contributed by atoms with Gasteiger partial charge in [0, 0.05) is 46.8 Å². The molecule has 0 aromatic heterocycles. The second kappa shape index (κ2) is 11.3. The van der Waals surface area contributed by atoms with Crippen LogP contribution in [0.4, 0.5) is 15.8 Å². The van der Waals surface area contributed by atoms with Crippen LogP contribution in [-0.4, -0.2) is 85.1 Å². The molecule has 0 bridgehead atoms. The fourth-order valence-corrected chi connectivity index (χ4v) is 7.47. The average Bonchev–Trinajstić information content (AvgIpc) is 2.84. The molecule has 2 fully saturated rings. The number of ether oxygens (including phenoxy) is 1. The van der Waals surface area contributed by atoms with Crippen molar-refractivity contribution in [1.82, 2.24) is 9.21 Å². The van der Waals surface area contributed by atoms with Gasteiger partial charge in [-0.1, -0.05) is 13.0 Å². The van der Waals surface area contributed by atoms with Crippen LogP contribution in [0.15, 0.2) is 52.3 Å². The minimum atomic E-state index is -4.10. The number of hydrogen-bond donors (Lipinski definition) is 1. The molecule has 2 saturated heterocycles. The zero-order valence-electron chi connectivity index (χ0n) is 23.2. The molecule has 2 aliphatic rings. The van der Waals surface area contributed by atoms with Gasteiger partial charge in [0.1, 0.15) is 5.82 Å². The lowest BCUT2D eigenvalue weighted by Gasteiger charge is -2.45. The summed E-state index contributed by atoms with van der Waals surface area (Å²) in [5.74, 6) is -0.498. The first kappa shape index (κ1) is 29.7. The van der Waals surface area contributed by atoms with E-state index in [0.29, 0.717) is 13.1 Å². The van der Waals surface area contributed by atoms with Crippen molar-refractivity contribution < 1.29 is 26.0 Å². The van der Waals surface area contributed by atoms with Crippen molar-refractivity contribution in [2.75, 3.05) is 56.4 Å². The Bertz CT molecular complexity index is 1370. The van der Waals surface area contributed by atoms with Crippen molar-refractivity contribution in [2.45, 2.75) is 55.6 Å². The van der Waals surface area contributed by atoms with Gasteiger partial charge < -0.3 is 9.64 Å². The molecule has 2 aromatic carbocycles. The van der Waals surface area contributed by atoms with Crippen LogP contribution in [0.2, 0.25) is 0 Å². The van der Waals surface area contributed by atoms with Crippen molar-refractivity contribution in [1.29, 1.82) is 0 Å². The van der Waals surface area contributed by atoms with E-state index in [4.69, 9.17) is 4.74 Å². The van der Waals surface area contributed by atoms with Gasteiger partial charge in [-0.3, -0.25) is 9.62 Å². The topological polar surface area (TPSA) is 99.3 Å². The lowest BCUT2D eigenvalue weighted by molar-refractivity contribution is -0.0781. The largest absolute Gasteiger partial charge is 0.373 e. The number of sulfonamides is 2. The lowest BCUT2D eigenvalue weighted by atomic mass is 9.79. The normalized spacial score (nSPS) is 22.7. The van der Waals surface area contributed by atoms with Crippen LogP contribution >= 0.6 is 0 Å². The van der Waals surface area contributed by atoms with E-state index >= 15 is 4.39 Å². The van der Waals surface area contributed by atoms with Gasteiger partial charge in [0.2, 0.25) is 10.0 Å². The summed E-state index contributed by atoms with van der Waals surface area (Å²) in [4.78, 5) is 4.23. The molecule has 0 aliphatic carbocycles. The van der Waals surface area contributed by atoms with E-state index < -0.39 is 25.9 Å². The fourth-order valence-electron chi connectivity index (χ4n) is 5.51. The van der Waals surface area contributed by atoms with Gasteiger partial charge in [-0.2, -0.15) is 0 Å². The zero-order chi connectivity index (χ0) is 28.6. The predicted molar refractivity (Wildman–Crippen MR) is 151 cm³/mol. The molecule has 0 radical (unpaired) electrons. The number of para-hydroxylation sites is 1. The number of morpholine rings is 1. The van der Waals surface area contributed by atoms with Crippen LogP contribution in [0.3, 0.4) is 0 Å². The molecule has 1 N–H and O–H groups in total. The summed E-state index contributed by atoms with van der Waals surface area (Å²) in [7, 11) is -4.99. The number of halogens is 1. The maximum atomic E-state index is 15.2. The SMILES string of the molecule is C[C@@H]1CN(CC2(C)CCN(c3c(F)cccc3NS(=O)(=O)c3ccc(S(=O)(=O)N(C)C)cc3)CC2)C[C@H](C)O1. The van der Waals surface area contributed by atoms with E-state index in [9.17, 15) is 16.8 Å². The monoisotopic (exact) mass is 582 g/mol. The summed E-state index contributed by atoms with van der Waals surface area (Å²) in [6, 6.07) is 9.31. The maximum absolute atomic E-state index is 15.2. The summed E-state index contributed by atoms with van der Waals surface area (Å²) >= 11 is 0. The predicted octanol–water partition coefficient (Wildman–Crippen LogP) is 3.59. The standard InChI is InChI=1S/C27H39FN4O5S2/c1-20-17-31(18-21(2)37-20)19-27(3)13-15-32(16-14-27)26-24(28)7-6-8-25(26)29-38(33,34)22-9-11-23(12-10-22)39(35,36)30(4)5/h6-12,20-21,29H,13-19H2,1-5H3/t20-,21+. The van der Waals surface area contributed by atoms with Gasteiger partial charge in [0.25, 0.3) is 10.0 Å². The van der Waals surface area contributed by atoms with E-state index in [2.05, 4.69) is 30.4 Å². The Morgan fingerprint density at radius 3 is 2.10 bits per heavy atom. The highest BCUT2D eigenvalue weighted by atomic mass is 32.2. The Hall–Kier alpha value is -2.25. The number of benzene rings is 2. The second-order valence-electron chi connectivity index (χ2n) is 11.2. The molecule has 0 unspecified atom stereocenters. The quantitative estimate of drug-likeness (QED) is 0.508. The minimum Gasteiger partial charge on any atom is -0.373 e. The molecule has 9 nitrogen and oxygen atoms in total. The highest BCUT2D eigenvalue weighted by Gasteiger charge is 2.35. The summed E-state index contributed by atoms with van der Waals surface area (Å²) in [5.41, 5.74) is 0.440. The van der Waals surface area contributed by atoms with E-state index in [1.54, 1.807) is 6.07 Å². The van der Waals surface area contributed by atoms with Crippen molar-refractivity contribution >= 4 is 31.4 Å². The minimum absolute atomic E-state index is 0.0183. The third kappa shape index (κ3) is 6.74. The van der Waals surface area contributed by atoms with Crippen molar-refractivity contribution in [3.63, 3.8) is 0 Å². The third-order valence-corrected chi connectivity index (χ3v) is 10.7. The lowest BCUT2D eigenvalue weighted by Crippen LogP contribution is -2.51. The molecular formula is C27H39FN4O5S2. The third-order valence-electron chi connectivity index (χ3n) is 7.53. The molecule has 216 valence electrons. The van der Waals surface area contributed by atoms with Crippen LogP contribution in [0.5, 0.6) is 0 Å². The van der Waals surface area contributed by atoms with Gasteiger partial charge >= 0.3 is 0 Å². The molecule has 0 spiro atoms. The molecule has 2 aromatic rings. The van der Waals surface area contributed by atoms with Crippen LogP contribution in [0, 0.1) is 11.2 Å². The Morgan fingerprint density at radius 1 is 0.974 bits per heavy atom. The summed E-state index contributed by atoms with van der Waals surface area (Å²) < 4.78 is 75.7. The molecule has 0 saturated carbocycles. The Morgan fingerprint density at radius 2 is 1.54 bits per heavy atom. The van der Waals surface area contributed by atoms with E-state index in [-0.39, 0.29) is 38.8 Å². The van der Waals surface area contributed by atoms with Gasteiger partial charge in [0.05, 0.1) is 33.4 Å². The number of rotatable bonds is 8. The molecule has 4 rings (SSSR count). The molecule has 2 heterocycles. The Labute approximate surface area is 232 Å². The average molecular weight is 583 g/mol. The summed E-state index contributed by atoms with van der Waals surface area (Å²) in [5, 5.41) is 0. The van der Waals surface area contributed by atoms with Gasteiger partial charge in [0.15, 0.2) is 0 Å². The highest BCUT2D eigenvalue weighted by Crippen LogP contribution is 2.38. The summed E-state index contributed by atoms with van der Waals surface area (Å²) in [6.45, 7) is 10.4. The Kier molecular flexibility index (Phi) is 8.63. The van der Waals surface area contributed by atoms with Gasteiger partial charge in [-0.15, -0.1) is 0 Å². The molecular weight excluding hydrogens is 543 g/mol. The first-order chi connectivity index (χ1) is 18.2. The number of hydrogen-bond acceptors (Lipinski definition) is 7. The first-order valence-electron chi connectivity index (χ1n) is 13.2. The van der Waals surface area contributed by atoms with E-state index in [1.165, 1.54) is 50.5 Å². The van der Waals surface area contributed by atoms with Crippen LogP contribution in [0.25, 0.3) is 0 Å². The van der Waals surface area contributed by atoms with Crippen molar-refractivity contribution in [3.05, 3.63) is 48.3 Å². The maximum Gasteiger partial charge on any atom is 0.261 e. The van der Waals surface area contributed by atoms with Gasteiger partial charge in [-0.05, 0) is 68.5 Å². The van der Waals surface area contributed by atoms with Gasteiger partial charge in [-0.25, -0.2) is 25.5 Å². The van der Waals surface area contributed by atoms with E-state index in [0.717, 1.165) is 36.8 Å². The molecule has 0 amide bonds. The Balaban J connectivity index is 1.49. The number of nitrogens with one attached hydrogen (secondary N) is 1. The number of piperidine rings is 1. The smallest absolute Gasteiger partial charge is 0.261 e. The zero-order valence-corrected chi connectivity index (χ0v) is 24.9. The van der Waals surface area contributed by atoms with Crippen molar-refractivity contribution in [2.24, 2.45) is 5.41 Å². The van der Waals surface area contributed by atoms with Crippen molar-refractivity contribution in [3.8, 4) is 0 Å². The second-order valence-corrected chi connectivity index (χ2v) is 15.1. The summed E-state index contributed by atoms with van der Waals surface area (Å²) in [6.07, 6.45) is 2.07. The van der Waals surface area contributed by atoms with E-state index in [1.807, 2.05) is 4.90 Å². The molecule has 2 atom stereocenters.